The molecular formula is C26H28F2N6O3. The van der Waals surface area contributed by atoms with Gasteiger partial charge < -0.3 is 15.0 Å². The summed E-state index contributed by atoms with van der Waals surface area (Å²) >= 11 is 0. The topological polar surface area (TPSA) is 91.7 Å². The van der Waals surface area contributed by atoms with E-state index in [0.29, 0.717) is 61.1 Å². The zero-order valence-corrected chi connectivity index (χ0v) is 20.6. The molecule has 2 atom stereocenters. The Morgan fingerprint density at radius 1 is 1.14 bits per heavy atom. The molecule has 194 valence electrons. The van der Waals surface area contributed by atoms with E-state index in [-0.39, 0.29) is 11.8 Å². The second kappa shape index (κ2) is 10.3. The maximum absolute atomic E-state index is 14.0. The Balaban J connectivity index is 1.40. The van der Waals surface area contributed by atoms with Gasteiger partial charge in [-0.2, -0.15) is 5.10 Å². The van der Waals surface area contributed by atoms with Gasteiger partial charge in [0.15, 0.2) is 5.69 Å². The van der Waals surface area contributed by atoms with Gasteiger partial charge in [0.25, 0.3) is 5.91 Å². The lowest BCUT2D eigenvalue weighted by molar-refractivity contribution is 0.0810. The molecule has 2 aromatic carbocycles. The standard InChI is InChI=1S/C26H28F2N6O3/c1-32-13-21-23(25(32)35)31-34(19-6-4-3-5-7-19)24(21)30-26(36)29-22-15-33(8-9-37-2)14-20(22)16-10-17(27)12-18(28)11-16/h3-7,10-12,20,22H,8-9,13-15H2,1-2H3,(H2,29,30,36)/t20-,22+/m0/s1. The molecule has 1 saturated heterocycles. The highest BCUT2D eigenvalue weighted by Crippen LogP contribution is 2.32. The van der Waals surface area contributed by atoms with Crippen molar-refractivity contribution in [3.05, 3.63) is 77.0 Å². The first kappa shape index (κ1) is 24.8. The molecule has 0 radical (unpaired) electrons. The number of carbonyl (C=O) groups excluding carboxylic acids is 2. The van der Waals surface area contributed by atoms with Gasteiger partial charge in [0.2, 0.25) is 0 Å². The Kier molecular flexibility index (Phi) is 6.90. The molecule has 11 heteroatoms. The number of hydrogen-bond donors (Lipinski definition) is 2. The third kappa shape index (κ3) is 5.05. The molecule has 5 rings (SSSR count). The number of carbonyl (C=O) groups is 2. The van der Waals surface area contributed by atoms with Crippen LogP contribution in [0.15, 0.2) is 48.5 Å². The number of ether oxygens (including phenoxy) is 1. The summed E-state index contributed by atoms with van der Waals surface area (Å²) in [6.07, 6.45) is 0. The summed E-state index contributed by atoms with van der Waals surface area (Å²) in [5.41, 5.74) is 2.09. The van der Waals surface area contributed by atoms with E-state index in [4.69, 9.17) is 4.74 Å². The molecule has 0 saturated carbocycles. The van der Waals surface area contributed by atoms with Crippen LogP contribution >= 0.6 is 0 Å². The van der Waals surface area contributed by atoms with Crippen molar-refractivity contribution >= 4 is 17.8 Å². The minimum absolute atomic E-state index is 0.217. The lowest BCUT2D eigenvalue weighted by Crippen LogP contribution is -2.42. The number of aromatic nitrogens is 2. The summed E-state index contributed by atoms with van der Waals surface area (Å²) in [6, 6.07) is 11.7. The molecule has 1 aromatic heterocycles. The summed E-state index contributed by atoms with van der Waals surface area (Å²) in [5.74, 6) is -1.47. The molecule has 9 nitrogen and oxygen atoms in total. The number of fused-ring (bicyclic) bond motifs is 1. The average molecular weight is 511 g/mol. The summed E-state index contributed by atoms with van der Waals surface area (Å²) < 4.78 is 34.7. The number of amides is 3. The Labute approximate surface area is 213 Å². The van der Waals surface area contributed by atoms with Gasteiger partial charge in [-0.3, -0.25) is 15.0 Å². The average Bonchev–Trinajstić information content (AvgIpc) is 3.51. The van der Waals surface area contributed by atoms with E-state index in [9.17, 15) is 18.4 Å². The molecule has 3 heterocycles. The molecule has 0 spiro atoms. The number of methoxy groups -OCH3 is 1. The normalized spacial score (nSPS) is 19.4. The number of anilines is 1. The van der Waals surface area contributed by atoms with Gasteiger partial charge in [-0.1, -0.05) is 18.2 Å². The smallest absolute Gasteiger partial charge is 0.320 e. The molecule has 3 amide bonds. The summed E-state index contributed by atoms with van der Waals surface area (Å²) in [6.45, 7) is 2.42. The van der Waals surface area contributed by atoms with Gasteiger partial charge in [-0.25, -0.2) is 18.3 Å². The lowest BCUT2D eigenvalue weighted by atomic mass is 9.94. The van der Waals surface area contributed by atoms with Crippen LogP contribution in [-0.2, 0) is 11.3 Å². The Morgan fingerprint density at radius 3 is 2.57 bits per heavy atom. The Bertz CT molecular complexity index is 1290. The van der Waals surface area contributed by atoms with Crippen LogP contribution in [0.2, 0.25) is 0 Å². The van der Waals surface area contributed by atoms with E-state index >= 15 is 0 Å². The quantitative estimate of drug-likeness (QED) is 0.510. The first-order chi connectivity index (χ1) is 17.8. The minimum Gasteiger partial charge on any atom is -0.383 e. The zero-order chi connectivity index (χ0) is 26.1. The number of urea groups is 1. The molecule has 1 fully saturated rings. The van der Waals surface area contributed by atoms with E-state index in [1.807, 2.05) is 30.3 Å². The molecule has 2 aliphatic rings. The molecular weight excluding hydrogens is 482 g/mol. The fraction of sp³-hybridized carbons (Fsp3) is 0.346. The van der Waals surface area contributed by atoms with Crippen LogP contribution in [0, 0.1) is 11.6 Å². The van der Waals surface area contributed by atoms with Crippen LogP contribution < -0.4 is 10.6 Å². The Hall–Kier alpha value is -3.83. The fourth-order valence-electron chi connectivity index (χ4n) is 5.02. The highest BCUT2D eigenvalue weighted by atomic mass is 19.1. The van der Waals surface area contributed by atoms with Crippen LogP contribution in [0.3, 0.4) is 0 Å². The zero-order valence-electron chi connectivity index (χ0n) is 20.6. The highest BCUT2D eigenvalue weighted by Gasteiger charge is 2.37. The van der Waals surface area contributed by atoms with Gasteiger partial charge in [-0.15, -0.1) is 0 Å². The summed E-state index contributed by atoms with van der Waals surface area (Å²) in [7, 11) is 3.28. The van der Waals surface area contributed by atoms with Crippen molar-refractivity contribution in [2.24, 2.45) is 0 Å². The maximum Gasteiger partial charge on any atom is 0.320 e. The molecule has 0 aliphatic carbocycles. The Morgan fingerprint density at radius 2 is 1.86 bits per heavy atom. The largest absolute Gasteiger partial charge is 0.383 e. The van der Waals surface area contributed by atoms with Gasteiger partial charge >= 0.3 is 6.03 Å². The van der Waals surface area contributed by atoms with Gasteiger partial charge in [-0.05, 0) is 29.8 Å². The van der Waals surface area contributed by atoms with E-state index in [1.165, 1.54) is 17.0 Å². The number of nitrogens with zero attached hydrogens (tertiary/aromatic N) is 4. The highest BCUT2D eigenvalue weighted by molar-refractivity contribution is 6.00. The number of para-hydroxylation sites is 1. The van der Waals surface area contributed by atoms with E-state index in [1.54, 1.807) is 18.8 Å². The second-order valence-corrected chi connectivity index (χ2v) is 9.35. The van der Waals surface area contributed by atoms with Crippen molar-refractivity contribution in [1.29, 1.82) is 0 Å². The van der Waals surface area contributed by atoms with Gasteiger partial charge in [0.05, 0.1) is 24.9 Å². The third-order valence-electron chi connectivity index (χ3n) is 6.80. The minimum atomic E-state index is -0.662. The van der Waals surface area contributed by atoms with Crippen LogP contribution in [0.4, 0.5) is 19.4 Å². The van der Waals surface area contributed by atoms with Crippen molar-refractivity contribution in [2.45, 2.75) is 18.5 Å². The van der Waals surface area contributed by atoms with Gasteiger partial charge in [0, 0.05) is 51.3 Å². The predicted octanol–water partition coefficient (Wildman–Crippen LogP) is 2.97. The van der Waals surface area contributed by atoms with Crippen LogP contribution in [0.1, 0.15) is 27.5 Å². The van der Waals surface area contributed by atoms with Crippen molar-refractivity contribution in [1.82, 2.24) is 24.9 Å². The monoisotopic (exact) mass is 510 g/mol. The number of benzene rings is 2. The van der Waals surface area contributed by atoms with E-state index in [2.05, 4.69) is 20.6 Å². The second-order valence-electron chi connectivity index (χ2n) is 9.35. The molecule has 2 aliphatic heterocycles. The first-order valence-electron chi connectivity index (χ1n) is 12.0. The predicted molar refractivity (Wildman–Crippen MR) is 133 cm³/mol. The number of rotatable bonds is 7. The van der Waals surface area contributed by atoms with Crippen molar-refractivity contribution in [3.8, 4) is 5.69 Å². The van der Waals surface area contributed by atoms with Crippen molar-refractivity contribution < 1.29 is 23.1 Å². The summed E-state index contributed by atoms with van der Waals surface area (Å²) in [5, 5.41) is 10.4. The van der Waals surface area contributed by atoms with E-state index in [0.717, 1.165) is 6.07 Å². The number of hydrogen-bond acceptors (Lipinski definition) is 5. The van der Waals surface area contributed by atoms with Gasteiger partial charge in [0.1, 0.15) is 17.5 Å². The van der Waals surface area contributed by atoms with Crippen LogP contribution in [-0.4, -0.2) is 78.0 Å². The van der Waals surface area contributed by atoms with Crippen molar-refractivity contribution in [2.75, 3.05) is 45.7 Å². The van der Waals surface area contributed by atoms with Crippen LogP contribution in [0.5, 0.6) is 0 Å². The molecule has 37 heavy (non-hydrogen) atoms. The lowest BCUT2D eigenvalue weighted by Gasteiger charge is -2.21. The molecule has 3 aromatic rings. The molecule has 0 unspecified atom stereocenters. The molecule has 0 bridgehead atoms. The van der Waals surface area contributed by atoms with E-state index < -0.39 is 23.7 Å². The first-order valence-corrected chi connectivity index (χ1v) is 12.0. The number of likely N-dealkylation sites (tertiary alicyclic amines) is 1. The third-order valence-corrected chi connectivity index (χ3v) is 6.80. The number of nitrogens with one attached hydrogen (secondary N) is 2. The maximum atomic E-state index is 14.0. The number of halogens is 2. The molecule has 2 N–H and O–H groups in total. The summed E-state index contributed by atoms with van der Waals surface area (Å²) in [4.78, 5) is 29.5. The van der Waals surface area contributed by atoms with Crippen LogP contribution in [0.25, 0.3) is 5.69 Å². The fourth-order valence-corrected chi connectivity index (χ4v) is 5.02. The van der Waals surface area contributed by atoms with Crippen molar-refractivity contribution in [3.63, 3.8) is 0 Å². The SMILES string of the molecule is COCCN1C[C@@H](NC(=O)Nc2c3c(nn2-c2ccccc2)C(=O)N(C)C3)[C@H](c2cc(F)cc(F)c2)C1.